The smallest absolute Gasteiger partial charge is 0.251 e. The van der Waals surface area contributed by atoms with Gasteiger partial charge in [0.15, 0.2) is 5.96 Å². The molecule has 2 aromatic rings. The number of aliphatic imine (C=N–C) groups is 1. The molecule has 3 rings (SSSR count). The molecule has 1 amide bonds. The van der Waals surface area contributed by atoms with E-state index in [-0.39, 0.29) is 29.9 Å². The average Bonchev–Trinajstić information content (AvgIpc) is 2.80. The number of nitrogens with zero attached hydrogens (tertiary/aromatic N) is 2. The van der Waals surface area contributed by atoms with Gasteiger partial charge in [-0.05, 0) is 36.6 Å². The highest BCUT2D eigenvalue weighted by molar-refractivity contribution is 14.0. The number of methoxy groups -OCH3 is 1. The molecule has 1 aliphatic rings. The number of carbonyl (C=O) groups excluding carboxylic acids is 1. The van der Waals surface area contributed by atoms with Gasteiger partial charge in [-0.2, -0.15) is 0 Å². The molecule has 1 aliphatic heterocycles. The maximum Gasteiger partial charge on any atom is 0.251 e. The minimum absolute atomic E-state index is 0. The monoisotopic (exact) mass is 534 g/mol. The van der Waals surface area contributed by atoms with Crippen molar-refractivity contribution in [3.63, 3.8) is 0 Å². The number of amides is 1. The average molecular weight is 534 g/mol. The van der Waals surface area contributed by atoms with Crippen molar-refractivity contribution in [3.05, 3.63) is 71.3 Å². The van der Waals surface area contributed by atoms with Gasteiger partial charge in [0, 0.05) is 38.8 Å². The maximum absolute atomic E-state index is 12.3. The Balaban J connectivity index is 0.00000341. The van der Waals surface area contributed by atoms with Crippen LogP contribution in [-0.4, -0.2) is 57.1 Å². The van der Waals surface area contributed by atoms with Gasteiger partial charge in [0.1, 0.15) is 5.75 Å². The molecule has 0 bridgehead atoms. The standard InChI is InChI=1S/C24H30N4O2.HI/c1-25-24(27-14-13-26-23(29)21-9-6-10-22(18-21)30-2)28-15-11-20(12-16-28)17-19-7-4-3-5-8-19;/h3-10,17-18H,11-16H2,1-2H3,(H,25,27)(H,26,29);1H. The van der Waals surface area contributed by atoms with Gasteiger partial charge in [-0.3, -0.25) is 9.79 Å². The normalized spacial score (nSPS) is 13.8. The number of carbonyl (C=O) groups is 1. The molecule has 1 heterocycles. The Labute approximate surface area is 201 Å². The Kier molecular flexibility index (Phi) is 10.4. The molecular weight excluding hydrogens is 503 g/mol. The quantitative estimate of drug-likeness (QED) is 0.256. The van der Waals surface area contributed by atoms with Gasteiger partial charge in [0.05, 0.1) is 7.11 Å². The second-order valence-electron chi connectivity index (χ2n) is 7.16. The second-order valence-corrected chi connectivity index (χ2v) is 7.16. The molecule has 7 heteroatoms. The van der Waals surface area contributed by atoms with E-state index in [0.717, 1.165) is 31.9 Å². The molecule has 6 nitrogen and oxygen atoms in total. The van der Waals surface area contributed by atoms with Gasteiger partial charge >= 0.3 is 0 Å². The fraction of sp³-hybridized carbons (Fsp3) is 0.333. The van der Waals surface area contributed by atoms with Gasteiger partial charge in [0.25, 0.3) is 5.91 Å². The molecule has 166 valence electrons. The first-order chi connectivity index (χ1) is 14.7. The summed E-state index contributed by atoms with van der Waals surface area (Å²) in [5, 5.41) is 6.28. The summed E-state index contributed by atoms with van der Waals surface area (Å²) in [6.07, 6.45) is 4.35. The lowest BCUT2D eigenvalue weighted by atomic mass is 10.0. The highest BCUT2D eigenvalue weighted by atomic mass is 127. The van der Waals surface area contributed by atoms with Crippen molar-refractivity contribution in [1.82, 2.24) is 15.5 Å². The summed E-state index contributed by atoms with van der Waals surface area (Å²) in [6, 6.07) is 17.6. The number of piperidine rings is 1. The van der Waals surface area contributed by atoms with Crippen LogP contribution in [-0.2, 0) is 0 Å². The summed E-state index contributed by atoms with van der Waals surface area (Å²) < 4.78 is 5.17. The number of hydrogen-bond donors (Lipinski definition) is 2. The highest BCUT2D eigenvalue weighted by Gasteiger charge is 2.17. The van der Waals surface area contributed by atoms with Crippen molar-refractivity contribution in [1.29, 1.82) is 0 Å². The van der Waals surface area contributed by atoms with Crippen molar-refractivity contribution in [2.75, 3.05) is 40.3 Å². The van der Waals surface area contributed by atoms with Gasteiger partial charge in [0.2, 0.25) is 0 Å². The Bertz CT molecular complexity index is 889. The largest absolute Gasteiger partial charge is 0.497 e. The summed E-state index contributed by atoms with van der Waals surface area (Å²) in [7, 11) is 3.39. The van der Waals surface area contributed by atoms with E-state index in [1.54, 1.807) is 26.3 Å². The third-order valence-corrected chi connectivity index (χ3v) is 5.11. The van der Waals surface area contributed by atoms with Crippen molar-refractivity contribution < 1.29 is 9.53 Å². The van der Waals surface area contributed by atoms with Crippen LogP contribution in [0.3, 0.4) is 0 Å². The zero-order valence-electron chi connectivity index (χ0n) is 18.1. The van der Waals surface area contributed by atoms with Crippen molar-refractivity contribution >= 4 is 41.9 Å². The van der Waals surface area contributed by atoms with Crippen LogP contribution in [0.25, 0.3) is 6.08 Å². The van der Waals surface area contributed by atoms with E-state index in [1.807, 2.05) is 18.2 Å². The maximum atomic E-state index is 12.3. The SMILES string of the molecule is CN=C(NCCNC(=O)c1cccc(OC)c1)N1CCC(=Cc2ccccc2)CC1.I. The predicted octanol–water partition coefficient (Wildman–Crippen LogP) is 3.80. The number of rotatable bonds is 6. The van der Waals surface area contributed by atoms with E-state index in [2.05, 4.69) is 50.9 Å². The third kappa shape index (κ3) is 7.57. The Hall–Kier alpha value is -2.55. The lowest BCUT2D eigenvalue weighted by molar-refractivity contribution is 0.0954. The summed E-state index contributed by atoms with van der Waals surface area (Å²) in [4.78, 5) is 18.9. The fourth-order valence-electron chi connectivity index (χ4n) is 3.48. The first-order valence-electron chi connectivity index (χ1n) is 10.3. The lowest BCUT2D eigenvalue weighted by Gasteiger charge is -2.31. The van der Waals surface area contributed by atoms with Crippen LogP contribution in [0.4, 0.5) is 0 Å². The lowest BCUT2D eigenvalue weighted by Crippen LogP contribution is -2.46. The van der Waals surface area contributed by atoms with Crippen molar-refractivity contribution in [3.8, 4) is 5.75 Å². The Morgan fingerprint density at radius 3 is 2.45 bits per heavy atom. The van der Waals surface area contributed by atoms with Crippen molar-refractivity contribution in [2.45, 2.75) is 12.8 Å². The molecule has 0 radical (unpaired) electrons. The fourth-order valence-corrected chi connectivity index (χ4v) is 3.48. The Morgan fingerprint density at radius 1 is 1.06 bits per heavy atom. The van der Waals surface area contributed by atoms with Gasteiger partial charge in [-0.1, -0.05) is 48.0 Å². The topological polar surface area (TPSA) is 66.0 Å². The van der Waals surface area contributed by atoms with Gasteiger partial charge in [-0.15, -0.1) is 24.0 Å². The number of guanidine groups is 1. The van der Waals surface area contributed by atoms with Gasteiger partial charge in [-0.25, -0.2) is 0 Å². The number of nitrogens with one attached hydrogen (secondary N) is 2. The third-order valence-electron chi connectivity index (χ3n) is 5.11. The second kappa shape index (κ2) is 13.0. The number of benzene rings is 2. The van der Waals surface area contributed by atoms with E-state index in [0.29, 0.717) is 24.4 Å². The molecule has 2 aromatic carbocycles. The molecular formula is C24H31IN4O2. The molecule has 0 aromatic heterocycles. The predicted molar refractivity (Wildman–Crippen MR) is 137 cm³/mol. The van der Waals surface area contributed by atoms with Crippen molar-refractivity contribution in [2.24, 2.45) is 4.99 Å². The van der Waals surface area contributed by atoms with E-state index >= 15 is 0 Å². The first-order valence-corrected chi connectivity index (χ1v) is 10.3. The molecule has 0 unspecified atom stereocenters. The van der Waals surface area contributed by atoms with Crippen LogP contribution >= 0.6 is 24.0 Å². The van der Waals surface area contributed by atoms with Crippen LogP contribution in [0.2, 0.25) is 0 Å². The molecule has 0 spiro atoms. The molecule has 1 fully saturated rings. The first kappa shape index (κ1) is 24.7. The minimum atomic E-state index is -0.112. The summed E-state index contributed by atoms with van der Waals surface area (Å²) >= 11 is 0. The van der Waals surface area contributed by atoms with Crippen LogP contribution in [0.1, 0.15) is 28.8 Å². The molecule has 0 atom stereocenters. The summed E-state index contributed by atoms with van der Waals surface area (Å²) in [6.45, 7) is 3.01. The van der Waals surface area contributed by atoms with E-state index < -0.39 is 0 Å². The number of ether oxygens (including phenoxy) is 1. The van der Waals surface area contributed by atoms with Crippen LogP contribution < -0.4 is 15.4 Å². The summed E-state index contributed by atoms with van der Waals surface area (Å²) in [5.74, 6) is 1.44. The molecule has 2 N–H and O–H groups in total. The van der Waals surface area contributed by atoms with E-state index in [9.17, 15) is 4.79 Å². The molecule has 0 saturated carbocycles. The minimum Gasteiger partial charge on any atom is -0.497 e. The van der Waals surface area contributed by atoms with Crippen LogP contribution in [0.5, 0.6) is 5.75 Å². The van der Waals surface area contributed by atoms with Crippen LogP contribution in [0.15, 0.2) is 65.2 Å². The molecule has 1 saturated heterocycles. The van der Waals surface area contributed by atoms with Crippen LogP contribution in [0, 0.1) is 0 Å². The zero-order valence-corrected chi connectivity index (χ0v) is 20.5. The number of hydrogen-bond acceptors (Lipinski definition) is 3. The van der Waals surface area contributed by atoms with E-state index in [1.165, 1.54) is 11.1 Å². The molecule has 0 aliphatic carbocycles. The molecule has 31 heavy (non-hydrogen) atoms. The summed E-state index contributed by atoms with van der Waals surface area (Å²) in [5.41, 5.74) is 3.32. The van der Waals surface area contributed by atoms with E-state index in [4.69, 9.17) is 4.74 Å². The zero-order chi connectivity index (χ0) is 21.2. The Morgan fingerprint density at radius 2 is 1.77 bits per heavy atom. The highest BCUT2D eigenvalue weighted by Crippen LogP contribution is 2.19. The van der Waals surface area contributed by atoms with Gasteiger partial charge < -0.3 is 20.3 Å². The number of halogens is 1. The number of likely N-dealkylation sites (tertiary alicyclic amines) is 1.